The fourth-order valence-corrected chi connectivity index (χ4v) is 7.41. The Balaban J connectivity index is 1.65. The summed E-state index contributed by atoms with van der Waals surface area (Å²) >= 11 is 0. The Labute approximate surface area is 167 Å². The van der Waals surface area contributed by atoms with Crippen molar-refractivity contribution in [3.8, 4) is 18.4 Å². The van der Waals surface area contributed by atoms with E-state index in [0.717, 1.165) is 44.9 Å². The molecule has 0 spiro atoms. The summed E-state index contributed by atoms with van der Waals surface area (Å²) in [7, 11) is 0. The van der Waals surface area contributed by atoms with Gasteiger partial charge in [0.1, 0.15) is 6.42 Å². The van der Waals surface area contributed by atoms with Crippen LogP contribution in [0.2, 0.25) is 0 Å². The summed E-state index contributed by atoms with van der Waals surface area (Å²) in [5, 5.41) is 8.87. The molecule has 0 bridgehead atoms. The van der Waals surface area contributed by atoms with E-state index in [0.29, 0.717) is 42.3 Å². The van der Waals surface area contributed by atoms with Crippen molar-refractivity contribution in [3.63, 3.8) is 0 Å². The minimum absolute atomic E-state index is 0.181. The lowest BCUT2D eigenvalue weighted by Crippen LogP contribution is -2.55. The van der Waals surface area contributed by atoms with E-state index in [-0.39, 0.29) is 11.8 Å². The molecule has 28 heavy (non-hydrogen) atoms. The number of hydrogen-bond donors (Lipinski definition) is 0. The molecule has 4 rings (SSSR count). The smallest absolute Gasteiger partial charge is 0.321 e. The van der Waals surface area contributed by atoms with Crippen molar-refractivity contribution in [1.29, 1.82) is 5.26 Å². The van der Waals surface area contributed by atoms with Gasteiger partial charge in [0.05, 0.1) is 6.07 Å². The first kappa shape index (κ1) is 19.3. The van der Waals surface area contributed by atoms with Crippen LogP contribution in [0.4, 0.5) is 0 Å². The number of fused-ring (bicyclic) bond motifs is 5. The summed E-state index contributed by atoms with van der Waals surface area (Å²) in [6.07, 6.45) is 16.2. The number of esters is 1. The monoisotopic (exact) mass is 379 g/mol. The van der Waals surface area contributed by atoms with E-state index in [1.807, 2.05) is 12.1 Å². The molecule has 0 radical (unpaired) electrons. The molecule has 0 saturated heterocycles. The number of carbonyl (C=O) groups is 2. The van der Waals surface area contributed by atoms with Crippen molar-refractivity contribution < 1.29 is 14.3 Å². The molecule has 148 valence electrons. The molecular formula is C24H29NO3. The van der Waals surface area contributed by atoms with E-state index in [2.05, 4.69) is 12.8 Å². The van der Waals surface area contributed by atoms with Crippen LogP contribution in [0.25, 0.3) is 0 Å². The van der Waals surface area contributed by atoms with Crippen LogP contribution in [0, 0.1) is 52.8 Å². The van der Waals surface area contributed by atoms with Crippen LogP contribution < -0.4 is 0 Å². The van der Waals surface area contributed by atoms with Gasteiger partial charge in [0, 0.05) is 11.8 Å². The fraction of sp³-hybridized carbons (Fsp3) is 0.708. The first-order valence-corrected chi connectivity index (χ1v) is 10.8. The third-order valence-electron chi connectivity index (χ3n) is 8.50. The maximum atomic E-state index is 12.2. The van der Waals surface area contributed by atoms with Gasteiger partial charge in [0.2, 0.25) is 0 Å². The van der Waals surface area contributed by atoms with Gasteiger partial charge >= 0.3 is 5.97 Å². The zero-order valence-electron chi connectivity index (χ0n) is 16.7. The van der Waals surface area contributed by atoms with Crippen molar-refractivity contribution in [2.24, 2.45) is 29.1 Å². The Morgan fingerprint density at radius 2 is 2.07 bits per heavy atom. The topological polar surface area (TPSA) is 67.2 Å². The second-order valence-corrected chi connectivity index (χ2v) is 9.17. The lowest BCUT2D eigenvalue weighted by molar-refractivity contribution is -0.172. The van der Waals surface area contributed by atoms with Crippen molar-refractivity contribution in [2.45, 2.75) is 76.7 Å². The first-order valence-electron chi connectivity index (χ1n) is 10.8. The molecule has 0 aliphatic heterocycles. The number of allylic oxidation sites excluding steroid dienone is 1. The van der Waals surface area contributed by atoms with Gasteiger partial charge in [-0.2, -0.15) is 5.26 Å². The normalized spacial score (nSPS) is 41.5. The Bertz CT molecular complexity index is 800. The molecule has 3 fully saturated rings. The van der Waals surface area contributed by atoms with Crippen LogP contribution in [0.3, 0.4) is 0 Å². The quantitative estimate of drug-likeness (QED) is 0.540. The summed E-state index contributed by atoms with van der Waals surface area (Å²) in [6.45, 7) is 2.18. The van der Waals surface area contributed by atoms with E-state index in [1.165, 1.54) is 5.57 Å². The van der Waals surface area contributed by atoms with E-state index < -0.39 is 11.6 Å². The number of hydrogen-bond acceptors (Lipinski definition) is 4. The molecule has 3 saturated carbocycles. The number of ether oxygens (including phenoxy) is 1. The van der Waals surface area contributed by atoms with E-state index in [9.17, 15) is 9.59 Å². The first-order chi connectivity index (χ1) is 13.5. The number of rotatable bonds is 3. The summed E-state index contributed by atoms with van der Waals surface area (Å²) in [4.78, 5) is 24.1. The zero-order chi connectivity index (χ0) is 19.9. The predicted octanol–water partition coefficient (Wildman–Crippen LogP) is 4.35. The highest BCUT2D eigenvalue weighted by Crippen LogP contribution is 2.67. The third-order valence-corrected chi connectivity index (χ3v) is 8.50. The average Bonchev–Trinajstić information content (AvgIpc) is 3.02. The lowest BCUT2D eigenvalue weighted by atomic mass is 9.49. The second kappa shape index (κ2) is 7.07. The Hall–Kier alpha value is -2.07. The molecule has 4 aliphatic rings. The predicted molar refractivity (Wildman–Crippen MR) is 105 cm³/mol. The molecule has 0 heterocycles. The minimum atomic E-state index is -0.871. The summed E-state index contributed by atoms with van der Waals surface area (Å²) in [6, 6.07) is 1.89. The standard InChI is InChI=1S/C24H29NO3/c1-3-23-12-9-19-18-8-6-17(26)15-16(18)5-7-20(19)21(23)10-13-24(23,4-2)28-22(27)11-14-25/h2,15,18-21H,3,5-13H2,1H3/t18-,19+,20+,21-,23-,24-/m0/s1. The van der Waals surface area contributed by atoms with Gasteiger partial charge in [0.15, 0.2) is 11.4 Å². The van der Waals surface area contributed by atoms with Gasteiger partial charge in [-0.1, -0.05) is 18.4 Å². The van der Waals surface area contributed by atoms with Crippen LogP contribution in [-0.4, -0.2) is 17.4 Å². The molecule has 0 N–H and O–H groups in total. The highest BCUT2D eigenvalue weighted by molar-refractivity contribution is 5.91. The molecule has 0 amide bonds. The molecule has 4 nitrogen and oxygen atoms in total. The van der Waals surface area contributed by atoms with Crippen LogP contribution in [0.5, 0.6) is 0 Å². The van der Waals surface area contributed by atoms with Crippen LogP contribution in [0.1, 0.15) is 71.1 Å². The van der Waals surface area contributed by atoms with Gasteiger partial charge in [-0.15, -0.1) is 6.42 Å². The molecule has 0 aromatic carbocycles. The number of carbonyl (C=O) groups excluding carboxylic acids is 2. The SMILES string of the molecule is C#C[C@]1(OC(=O)CC#N)CC[C@H]2[C@@H]3CCC4=CC(=O)CC[C@@H]4[C@H]3CC[C@@]21CC. The average molecular weight is 380 g/mol. The highest BCUT2D eigenvalue weighted by Gasteiger charge is 2.65. The van der Waals surface area contributed by atoms with Crippen LogP contribution in [0.15, 0.2) is 11.6 Å². The maximum Gasteiger partial charge on any atom is 0.321 e. The van der Waals surface area contributed by atoms with Crippen molar-refractivity contribution in [3.05, 3.63) is 11.6 Å². The third kappa shape index (κ3) is 2.65. The summed E-state index contributed by atoms with van der Waals surface area (Å²) in [5.41, 5.74) is 0.326. The van der Waals surface area contributed by atoms with Gasteiger partial charge in [-0.25, -0.2) is 0 Å². The Morgan fingerprint density at radius 3 is 2.79 bits per heavy atom. The van der Waals surface area contributed by atoms with Gasteiger partial charge < -0.3 is 4.74 Å². The molecule has 4 aliphatic carbocycles. The van der Waals surface area contributed by atoms with Crippen molar-refractivity contribution in [2.75, 3.05) is 0 Å². The molecule has 0 aromatic heterocycles. The summed E-state index contributed by atoms with van der Waals surface area (Å²) < 4.78 is 5.90. The fourth-order valence-electron chi connectivity index (χ4n) is 7.41. The summed E-state index contributed by atoms with van der Waals surface area (Å²) in [5.74, 6) is 4.94. The molecular weight excluding hydrogens is 350 g/mol. The van der Waals surface area contributed by atoms with Gasteiger partial charge in [0.25, 0.3) is 0 Å². The minimum Gasteiger partial charge on any atom is -0.444 e. The van der Waals surface area contributed by atoms with Crippen LogP contribution in [-0.2, 0) is 14.3 Å². The number of nitrogens with zero attached hydrogens (tertiary/aromatic N) is 1. The molecule has 0 aromatic rings. The second-order valence-electron chi connectivity index (χ2n) is 9.17. The molecule has 6 atom stereocenters. The largest absolute Gasteiger partial charge is 0.444 e. The number of terminal acetylenes is 1. The lowest BCUT2D eigenvalue weighted by Gasteiger charge is -2.56. The number of ketones is 1. The number of nitriles is 1. The van der Waals surface area contributed by atoms with Crippen molar-refractivity contribution >= 4 is 11.8 Å². The molecule has 0 unspecified atom stereocenters. The maximum absolute atomic E-state index is 12.2. The Morgan fingerprint density at radius 1 is 1.25 bits per heavy atom. The van der Waals surface area contributed by atoms with E-state index in [1.54, 1.807) is 0 Å². The van der Waals surface area contributed by atoms with Crippen molar-refractivity contribution in [1.82, 2.24) is 0 Å². The Kier molecular flexibility index (Phi) is 4.86. The van der Waals surface area contributed by atoms with E-state index >= 15 is 0 Å². The molecule has 4 heteroatoms. The van der Waals surface area contributed by atoms with Gasteiger partial charge in [-0.05, 0) is 81.1 Å². The highest BCUT2D eigenvalue weighted by atomic mass is 16.6. The van der Waals surface area contributed by atoms with E-state index in [4.69, 9.17) is 16.4 Å². The van der Waals surface area contributed by atoms with Gasteiger partial charge in [-0.3, -0.25) is 9.59 Å². The van der Waals surface area contributed by atoms with Crippen LogP contribution >= 0.6 is 0 Å². The zero-order valence-corrected chi connectivity index (χ0v) is 16.7.